The summed E-state index contributed by atoms with van der Waals surface area (Å²) in [5.74, 6) is -0.225. The molecule has 90 valence electrons. The predicted octanol–water partition coefficient (Wildman–Crippen LogP) is 1.06. The van der Waals surface area contributed by atoms with Crippen molar-refractivity contribution < 1.29 is 9.53 Å². The Balaban J connectivity index is 2.31. The third-order valence-corrected chi connectivity index (χ3v) is 2.72. The van der Waals surface area contributed by atoms with E-state index in [1.807, 2.05) is 22.9 Å². The van der Waals surface area contributed by atoms with E-state index in [2.05, 4.69) is 9.72 Å². The first-order chi connectivity index (χ1) is 8.26. The number of hydrogen-bond acceptors (Lipinski definition) is 4. The van der Waals surface area contributed by atoms with Gasteiger partial charge in [0, 0.05) is 30.9 Å². The molecular weight excluding hydrogens is 218 g/mol. The fourth-order valence-corrected chi connectivity index (χ4v) is 1.84. The van der Waals surface area contributed by atoms with Crippen molar-refractivity contribution in [2.24, 2.45) is 5.73 Å². The van der Waals surface area contributed by atoms with Crippen molar-refractivity contribution in [3.8, 4) is 0 Å². The average molecular weight is 233 g/mol. The largest absolute Gasteiger partial charge is 0.469 e. The number of aromatic nitrogens is 2. The van der Waals surface area contributed by atoms with E-state index >= 15 is 0 Å². The maximum Gasteiger partial charge on any atom is 0.307 e. The molecule has 0 bridgehead atoms. The summed E-state index contributed by atoms with van der Waals surface area (Å²) in [6.07, 6.45) is 4.01. The summed E-state index contributed by atoms with van der Waals surface area (Å²) in [7, 11) is 1.39. The normalized spacial score (nSPS) is 10.7. The van der Waals surface area contributed by atoms with Gasteiger partial charge in [0.1, 0.15) is 5.65 Å². The van der Waals surface area contributed by atoms with E-state index in [0.717, 1.165) is 16.6 Å². The maximum atomic E-state index is 11.1. The number of carbonyl (C=O) groups excluding carboxylic acids is 1. The third kappa shape index (κ3) is 2.29. The molecule has 2 heterocycles. The van der Waals surface area contributed by atoms with Gasteiger partial charge < -0.3 is 15.0 Å². The maximum absolute atomic E-state index is 11.1. The van der Waals surface area contributed by atoms with Crippen LogP contribution in [0.2, 0.25) is 0 Å². The number of aryl methyl sites for hydroxylation is 1. The summed E-state index contributed by atoms with van der Waals surface area (Å²) in [6.45, 7) is 1.02. The zero-order valence-corrected chi connectivity index (χ0v) is 9.72. The van der Waals surface area contributed by atoms with Crippen molar-refractivity contribution in [3.63, 3.8) is 0 Å². The van der Waals surface area contributed by atoms with Crippen molar-refractivity contribution in [2.75, 3.05) is 7.11 Å². The Labute approximate surface area is 99.2 Å². The number of rotatable bonds is 4. The Morgan fingerprint density at radius 1 is 1.59 bits per heavy atom. The van der Waals surface area contributed by atoms with E-state index in [9.17, 15) is 4.79 Å². The highest BCUT2D eigenvalue weighted by molar-refractivity contribution is 5.80. The van der Waals surface area contributed by atoms with Crippen LogP contribution < -0.4 is 5.73 Å². The van der Waals surface area contributed by atoms with Gasteiger partial charge in [0.05, 0.1) is 13.5 Å². The number of methoxy groups -OCH3 is 1. The summed E-state index contributed by atoms with van der Waals surface area (Å²) in [5.41, 5.74) is 7.58. The van der Waals surface area contributed by atoms with Gasteiger partial charge in [0.25, 0.3) is 0 Å². The molecule has 0 saturated carbocycles. The van der Waals surface area contributed by atoms with E-state index in [-0.39, 0.29) is 5.97 Å². The van der Waals surface area contributed by atoms with Gasteiger partial charge >= 0.3 is 5.97 Å². The molecule has 0 aromatic carbocycles. The molecule has 2 aromatic rings. The summed E-state index contributed by atoms with van der Waals surface area (Å²) in [6, 6.07) is 3.87. The van der Waals surface area contributed by atoms with Crippen molar-refractivity contribution in [2.45, 2.75) is 19.5 Å². The number of hydrogen-bond donors (Lipinski definition) is 1. The van der Waals surface area contributed by atoms with E-state index in [4.69, 9.17) is 5.73 Å². The molecule has 0 aliphatic rings. The van der Waals surface area contributed by atoms with Crippen LogP contribution in [-0.2, 0) is 22.6 Å². The number of nitrogens with zero attached hydrogens (tertiary/aromatic N) is 2. The zero-order chi connectivity index (χ0) is 12.3. The van der Waals surface area contributed by atoms with Crippen LogP contribution in [-0.4, -0.2) is 22.6 Å². The molecule has 0 amide bonds. The molecule has 0 unspecified atom stereocenters. The standard InChI is InChI=1S/C12H15N3O2/c1-17-11(16)4-6-15-8-9(7-13)10-3-2-5-14-12(10)15/h2-3,5,8H,4,6-7,13H2,1H3. The number of pyridine rings is 1. The first-order valence-electron chi connectivity index (χ1n) is 5.46. The minimum atomic E-state index is -0.225. The van der Waals surface area contributed by atoms with E-state index in [1.165, 1.54) is 7.11 Å². The lowest BCUT2D eigenvalue weighted by Crippen LogP contribution is -2.06. The summed E-state index contributed by atoms with van der Waals surface area (Å²) < 4.78 is 6.56. The molecule has 5 heteroatoms. The van der Waals surface area contributed by atoms with E-state index in [1.54, 1.807) is 6.20 Å². The molecule has 2 N–H and O–H groups in total. The van der Waals surface area contributed by atoms with Crippen molar-refractivity contribution >= 4 is 17.0 Å². The Kier molecular flexibility index (Phi) is 3.39. The van der Waals surface area contributed by atoms with Crippen LogP contribution in [0.5, 0.6) is 0 Å². The molecule has 17 heavy (non-hydrogen) atoms. The van der Waals surface area contributed by atoms with Crippen molar-refractivity contribution in [1.29, 1.82) is 0 Å². The lowest BCUT2D eigenvalue weighted by Gasteiger charge is -2.02. The topological polar surface area (TPSA) is 70.1 Å². The molecular formula is C12H15N3O2. The SMILES string of the molecule is COC(=O)CCn1cc(CN)c2cccnc21. The number of carbonyl (C=O) groups is 1. The van der Waals surface area contributed by atoms with Gasteiger partial charge in [-0.15, -0.1) is 0 Å². The van der Waals surface area contributed by atoms with Crippen LogP contribution in [0.25, 0.3) is 11.0 Å². The van der Waals surface area contributed by atoms with Crippen LogP contribution in [0.3, 0.4) is 0 Å². The van der Waals surface area contributed by atoms with Gasteiger partial charge in [-0.25, -0.2) is 4.98 Å². The summed E-state index contributed by atoms with van der Waals surface area (Å²) >= 11 is 0. The van der Waals surface area contributed by atoms with Crippen LogP contribution in [0, 0.1) is 0 Å². The van der Waals surface area contributed by atoms with Crippen LogP contribution in [0.15, 0.2) is 24.5 Å². The van der Waals surface area contributed by atoms with Gasteiger partial charge in [0.2, 0.25) is 0 Å². The van der Waals surface area contributed by atoms with Crippen molar-refractivity contribution in [3.05, 3.63) is 30.1 Å². The minimum Gasteiger partial charge on any atom is -0.469 e. The lowest BCUT2D eigenvalue weighted by atomic mass is 10.2. The molecule has 0 spiro atoms. The number of esters is 1. The van der Waals surface area contributed by atoms with Gasteiger partial charge in [0.15, 0.2) is 0 Å². The summed E-state index contributed by atoms with van der Waals surface area (Å²) in [5, 5.41) is 1.04. The molecule has 0 fully saturated rings. The lowest BCUT2D eigenvalue weighted by molar-refractivity contribution is -0.140. The molecule has 0 aliphatic heterocycles. The van der Waals surface area contributed by atoms with Gasteiger partial charge in [-0.05, 0) is 17.7 Å². The molecule has 5 nitrogen and oxygen atoms in total. The predicted molar refractivity (Wildman–Crippen MR) is 64.3 cm³/mol. The number of ether oxygens (including phenoxy) is 1. The monoisotopic (exact) mass is 233 g/mol. The second-order valence-electron chi connectivity index (χ2n) is 3.75. The average Bonchev–Trinajstić information content (AvgIpc) is 2.74. The number of nitrogens with two attached hydrogens (primary N) is 1. The van der Waals surface area contributed by atoms with E-state index < -0.39 is 0 Å². The minimum absolute atomic E-state index is 0.225. The third-order valence-electron chi connectivity index (χ3n) is 2.72. The first-order valence-corrected chi connectivity index (χ1v) is 5.46. The zero-order valence-electron chi connectivity index (χ0n) is 9.72. The molecule has 2 rings (SSSR count). The Morgan fingerprint density at radius 2 is 2.41 bits per heavy atom. The highest BCUT2D eigenvalue weighted by Crippen LogP contribution is 2.19. The van der Waals surface area contributed by atoms with Crippen LogP contribution >= 0.6 is 0 Å². The Morgan fingerprint density at radius 3 is 3.12 bits per heavy atom. The molecule has 0 saturated heterocycles. The first kappa shape index (κ1) is 11.6. The summed E-state index contributed by atoms with van der Waals surface area (Å²) in [4.78, 5) is 15.4. The second kappa shape index (κ2) is 4.97. The highest BCUT2D eigenvalue weighted by atomic mass is 16.5. The fraction of sp³-hybridized carbons (Fsp3) is 0.333. The van der Waals surface area contributed by atoms with E-state index in [0.29, 0.717) is 19.5 Å². The molecule has 0 aliphatic carbocycles. The Hall–Kier alpha value is -1.88. The van der Waals surface area contributed by atoms with Gasteiger partial charge in [-0.1, -0.05) is 0 Å². The smallest absolute Gasteiger partial charge is 0.307 e. The Bertz CT molecular complexity index is 534. The van der Waals surface area contributed by atoms with Crippen LogP contribution in [0.1, 0.15) is 12.0 Å². The second-order valence-corrected chi connectivity index (χ2v) is 3.75. The fourth-order valence-electron chi connectivity index (χ4n) is 1.84. The number of fused-ring (bicyclic) bond motifs is 1. The van der Waals surface area contributed by atoms with Gasteiger partial charge in [-0.3, -0.25) is 4.79 Å². The quantitative estimate of drug-likeness (QED) is 0.801. The van der Waals surface area contributed by atoms with Gasteiger partial charge in [-0.2, -0.15) is 0 Å². The molecule has 2 aromatic heterocycles. The highest BCUT2D eigenvalue weighted by Gasteiger charge is 2.09. The van der Waals surface area contributed by atoms with Crippen LogP contribution in [0.4, 0.5) is 0 Å². The molecule has 0 radical (unpaired) electrons. The van der Waals surface area contributed by atoms with Crippen molar-refractivity contribution in [1.82, 2.24) is 9.55 Å². The molecule has 0 atom stereocenters.